The van der Waals surface area contributed by atoms with Crippen molar-refractivity contribution >= 4 is 5.97 Å². The molecule has 1 aliphatic heterocycles. The molecule has 1 atom stereocenters. The molecule has 0 aromatic heterocycles. The van der Waals surface area contributed by atoms with Crippen LogP contribution < -0.4 is 5.32 Å². The van der Waals surface area contributed by atoms with Gasteiger partial charge in [-0.3, -0.25) is 4.79 Å². The second-order valence-corrected chi connectivity index (χ2v) is 6.87. The van der Waals surface area contributed by atoms with E-state index in [9.17, 15) is 4.79 Å². The molecular formula is C16H29NO2. The summed E-state index contributed by atoms with van der Waals surface area (Å²) in [6.07, 6.45) is 8.74. The maximum absolute atomic E-state index is 12.4. The molecule has 3 nitrogen and oxygen atoms in total. The fourth-order valence-electron chi connectivity index (χ4n) is 3.37. The van der Waals surface area contributed by atoms with Crippen LogP contribution >= 0.6 is 0 Å². The maximum Gasteiger partial charge on any atom is 0.311 e. The number of carbonyl (C=O) groups is 1. The van der Waals surface area contributed by atoms with Gasteiger partial charge < -0.3 is 10.1 Å². The first kappa shape index (κ1) is 14.8. The first-order valence-electron chi connectivity index (χ1n) is 7.98. The van der Waals surface area contributed by atoms with Crippen LogP contribution in [0.5, 0.6) is 0 Å². The zero-order chi connectivity index (χ0) is 13.7. The average Bonchev–Trinajstić information content (AvgIpc) is 2.46. The number of piperidine rings is 1. The molecule has 110 valence electrons. The quantitative estimate of drug-likeness (QED) is 0.795. The van der Waals surface area contributed by atoms with E-state index in [0.29, 0.717) is 18.4 Å². The SMILES string of the molecule is CC(C)(C(=O)OCC1CCCCC1)C1CCCNC1. The maximum atomic E-state index is 12.4. The third kappa shape index (κ3) is 3.95. The van der Waals surface area contributed by atoms with Gasteiger partial charge in [-0.1, -0.05) is 19.3 Å². The molecule has 2 aliphatic rings. The lowest BCUT2D eigenvalue weighted by Gasteiger charge is -2.35. The van der Waals surface area contributed by atoms with Crippen LogP contribution in [-0.2, 0) is 9.53 Å². The number of nitrogens with one attached hydrogen (secondary N) is 1. The molecule has 0 radical (unpaired) electrons. The van der Waals surface area contributed by atoms with Crippen molar-refractivity contribution in [1.82, 2.24) is 5.32 Å². The van der Waals surface area contributed by atoms with Crippen molar-refractivity contribution in [3.05, 3.63) is 0 Å². The van der Waals surface area contributed by atoms with Crippen molar-refractivity contribution in [2.24, 2.45) is 17.3 Å². The molecule has 19 heavy (non-hydrogen) atoms. The van der Waals surface area contributed by atoms with Crippen molar-refractivity contribution in [3.8, 4) is 0 Å². The Labute approximate surface area is 117 Å². The lowest BCUT2D eigenvalue weighted by atomic mass is 9.75. The first-order chi connectivity index (χ1) is 9.10. The Balaban J connectivity index is 1.79. The predicted octanol–water partition coefficient (Wildman–Crippen LogP) is 3.14. The minimum atomic E-state index is -0.345. The summed E-state index contributed by atoms with van der Waals surface area (Å²) < 4.78 is 5.63. The minimum absolute atomic E-state index is 0.00627. The number of ether oxygens (including phenoxy) is 1. The molecule has 1 saturated carbocycles. The molecule has 0 spiro atoms. The second kappa shape index (κ2) is 6.74. The van der Waals surface area contributed by atoms with E-state index in [4.69, 9.17) is 4.74 Å². The first-order valence-corrected chi connectivity index (χ1v) is 7.98. The Morgan fingerprint density at radius 1 is 1.16 bits per heavy atom. The van der Waals surface area contributed by atoms with E-state index in [1.165, 1.54) is 38.5 Å². The predicted molar refractivity (Wildman–Crippen MR) is 76.9 cm³/mol. The molecule has 1 N–H and O–H groups in total. The van der Waals surface area contributed by atoms with Crippen LogP contribution in [0.1, 0.15) is 58.8 Å². The summed E-state index contributed by atoms with van der Waals surface area (Å²) in [5.41, 5.74) is -0.345. The van der Waals surface area contributed by atoms with Crippen LogP contribution in [-0.4, -0.2) is 25.7 Å². The fourth-order valence-corrected chi connectivity index (χ4v) is 3.37. The van der Waals surface area contributed by atoms with Gasteiger partial charge in [0.25, 0.3) is 0 Å². The number of esters is 1. The van der Waals surface area contributed by atoms with Crippen LogP contribution in [0.25, 0.3) is 0 Å². The Hall–Kier alpha value is -0.570. The van der Waals surface area contributed by atoms with Gasteiger partial charge >= 0.3 is 5.97 Å². The summed E-state index contributed by atoms with van der Waals surface area (Å²) in [7, 11) is 0. The van der Waals surface area contributed by atoms with Gasteiger partial charge in [0.2, 0.25) is 0 Å². The lowest BCUT2D eigenvalue weighted by molar-refractivity contribution is -0.159. The molecule has 3 heteroatoms. The third-order valence-electron chi connectivity index (χ3n) is 5.02. The topological polar surface area (TPSA) is 38.3 Å². The molecule has 0 aromatic rings. The molecule has 2 rings (SSSR count). The Morgan fingerprint density at radius 2 is 1.89 bits per heavy atom. The third-order valence-corrected chi connectivity index (χ3v) is 5.02. The van der Waals surface area contributed by atoms with Gasteiger partial charge in [-0.25, -0.2) is 0 Å². The number of rotatable bonds is 4. The van der Waals surface area contributed by atoms with Crippen molar-refractivity contribution in [1.29, 1.82) is 0 Å². The van der Waals surface area contributed by atoms with E-state index < -0.39 is 0 Å². The Morgan fingerprint density at radius 3 is 2.53 bits per heavy atom. The van der Waals surface area contributed by atoms with Crippen LogP contribution in [0, 0.1) is 17.3 Å². The Kier molecular flexibility index (Phi) is 5.26. The number of carbonyl (C=O) groups excluding carboxylic acids is 1. The zero-order valence-corrected chi connectivity index (χ0v) is 12.5. The summed E-state index contributed by atoms with van der Waals surface area (Å²) in [4.78, 5) is 12.4. The van der Waals surface area contributed by atoms with Gasteiger partial charge in [0.15, 0.2) is 0 Å². The van der Waals surface area contributed by atoms with E-state index in [-0.39, 0.29) is 11.4 Å². The van der Waals surface area contributed by atoms with E-state index in [2.05, 4.69) is 5.32 Å². The van der Waals surface area contributed by atoms with E-state index in [1.54, 1.807) is 0 Å². The second-order valence-electron chi connectivity index (χ2n) is 6.87. The lowest BCUT2D eigenvalue weighted by Crippen LogP contribution is -2.43. The Bertz CT molecular complexity index is 289. The number of hydrogen-bond donors (Lipinski definition) is 1. The monoisotopic (exact) mass is 267 g/mol. The molecule has 2 fully saturated rings. The van der Waals surface area contributed by atoms with Gasteiger partial charge in [0.1, 0.15) is 0 Å². The summed E-state index contributed by atoms with van der Waals surface area (Å²) in [6.45, 7) is 6.78. The van der Waals surface area contributed by atoms with Crippen LogP contribution in [0.3, 0.4) is 0 Å². The molecule has 0 aromatic carbocycles. The molecule has 1 aliphatic carbocycles. The zero-order valence-electron chi connectivity index (χ0n) is 12.5. The summed E-state index contributed by atoms with van der Waals surface area (Å²) in [6, 6.07) is 0. The molecule has 0 bridgehead atoms. The minimum Gasteiger partial charge on any atom is -0.465 e. The fraction of sp³-hybridized carbons (Fsp3) is 0.938. The van der Waals surface area contributed by atoms with E-state index in [0.717, 1.165) is 19.5 Å². The molecule has 1 saturated heterocycles. The van der Waals surface area contributed by atoms with Crippen molar-refractivity contribution < 1.29 is 9.53 Å². The van der Waals surface area contributed by atoms with Crippen molar-refractivity contribution in [2.75, 3.05) is 19.7 Å². The summed E-state index contributed by atoms with van der Waals surface area (Å²) in [5, 5.41) is 3.39. The molecule has 1 unspecified atom stereocenters. The van der Waals surface area contributed by atoms with Crippen LogP contribution in [0.4, 0.5) is 0 Å². The van der Waals surface area contributed by atoms with Crippen LogP contribution in [0.15, 0.2) is 0 Å². The number of hydrogen-bond acceptors (Lipinski definition) is 3. The highest BCUT2D eigenvalue weighted by Gasteiger charge is 2.38. The molecular weight excluding hydrogens is 238 g/mol. The van der Waals surface area contributed by atoms with Gasteiger partial charge in [-0.05, 0) is 64.5 Å². The van der Waals surface area contributed by atoms with Crippen LogP contribution in [0.2, 0.25) is 0 Å². The van der Waals surface area contributed by atoms with Gasteiger partial charge in [0.05, 0.1) is 12.0 Å². The van der Waals surface area contributed by atoms with Gasteiger partial charge in [-0.2, -0.15) is 0 Å². The standard InChI is InChI=1S/C16H29NO2/c1-16(2,14-9-6-10-17-11-14)15(18)19-12-13-7-4-3-5-8-13/h13-14,17H,3-12H2,1-2H3. The van der Waals surface area contributed by atoms with Gasteiger partial charge in [-0.15, -0.1) is 0 Å². The molecule has 0 amide bonds. The highest BCUT2D eigenvalue weighted by Crippen LogP contribution is 2.33. The normalized spacial score (nSPS) is 26.1. The average molecular weight is 267 g/mol. The highest BCUT2D eigenvalue weighted by atomic mass is 16.5. The van der Waals surface area contributed by atoms with Crippen molar-refractivity contribution in [2.45, 2.75) is 58.8 Å². The van der Waals surface area contributed by atoms with E-state index in [1.807, 2.05) is 13.8 Å². The van der Waals surface area contributed by atoms with E-state index >= 15 is 0 Å². The summed E-state index contributed by atoms with van der Waals surface area (Å²) in [5.74, 6) is 1.03. The summed E-state index contributed by atoms with van der Waals surface area (Å²) >= 11 is 0. The van der Waals surface area contributed by atoms with Crippen molar-refractivity contribution in [3.63, 3.8) is 0 Å². The van der Waals surface area contributed by atoms with Gasteiger partial charge in [0, 0.05) is 0 Å². The largest absolute Gasteiger partial charge is 0.465 e. The molecule has 1 heterocycles. The highest BCUT2D eigenvalue weighted by molar-refractivity contribution is 5.76. The smallest absolute Gasteiger partial charge is 0.311 e.